The number of ether oxygens (including phenoxy) is 1. The number of hydrogen-bond acceptors (Lipinski definition) is 11. The minimum Gasteiger partial charge on any atom is -0.383 e. The molecule has 2 N–H and O–H groups in total. The molecule has 0 spiro atoms. The number of piperazine rings is 1. The molecule has 0 unspecified atom stereocenters. The summed E-state index contributed by atoms with van der Waals surface area (Å²) in [5.41, 5.74) is 0.806. The number of rotatable bonds is 10. The van der Waals surface area contributed by atoms with Crippen molar-refractivity contribution in [1.82, 2.24) is 24.8 Å². The summed E-state index contributed by atoms with van der Waals surface area (Å²) in [5, 5.41) is 7.58. The van der Waals surface area contributed by atoms with Gasteiger partial charge in [-0.25, -0.2) is 4.98 Å². The molecule has 3 aromatic rings. The molecule has 1 amide bonds. The van der Waals surface area contributed by atoms with Gasteiger partial charge in [-0.15, -0.1) is 11.3 Å². The van der Waals surface area contributed by atoms with Gasteiger partial charge in [0, 0.05) is 67.4 Å². The van der Waals surface area contributed by atoms with Crippen LogP contribution in [0.2, 0.25) is 0 Å². The molecule has 2 fully saturated rings. The lowest BCUT2D eigenvalue weighted by Crippen LogP contribution is -2.48. The van der Waals surface area contributed by atoms with Crippen molar-refractivity contribution in [2.45, 2.75) is 29.8 Å². The van der Waals surface area contributed by atoms with Crippen molar-refractivity contribution in [3.05, 3.63) is 35.3 Å². The molecular weight excluding hydrogens is 496 g/mol. The van der Waals surface area contributed by atoms with Crippen LogP contribution >= 0.6 is 23.1 Å². The molecule has 1 aromatic carbocycles. The normalized spacial score (nSPS) is 16.2. The predicted molar refractivity (Wildman–Crippen MR) is 142 cm³/mol. The highest BCUT2D eigenvalue weighted by atomic mass is 32.2. The van der Waals surface area contributed by atoms with Gasteiger partial charge in [0.1, 0.15) is 0 Å². The fourth-order valence-electron chi connectivity index (χ4n) is 3.79. The third-order valence-corrected chi connectivity index (χ3v) is 7.69. The molecule has 1 saturated carbocycles. The largest absolute Gasteiger partial charge is 0.383 e. The molecule has 1 saturated heterocycles. The van der Waals surface area contributed by atoms with E-state index < -0.39 is 0 Å². The molecule has 12 heteroatoms. The van der Waals surface area contributed by atoms with Crippen LogP contribution in [0, 0.1) is 12.8 Å². The number of hydrogen-bond donors (Lipinski definition) is 2. The maximum absolute atomic E-state index is 12.0. The molecule has 5 rings (SSSR count). The predicted octanol–water partition coefficient (Wildman–Crippen LogP) is 3.65. The smallest absolute Gasteiger partial charge is 0.234 e. The van der Waals surface area contributed by atoms with Crippen LogP contribution in [-0.4, -0.2) is 77.2 Å². The fourth-order valence-corrected chi connectivity index (χ4v) is 5.19. The van der Waals surface area contributed by atoms with Crippen molar-refractivity contribution < 1.29 is 9.53 Å². The highest BCUT2D eigenvalue weighted by Gasteiger charge is 2.29. The summed E-state index contributed by atoms with van der Waals surface area (Å²) < 4.78 is 5.22. The number of anilines is 4. The van der Waals surface area contributed by atoms with E-state index in [1.165, 1.54) is 11.8 Å². The number of carbonyl (C=O) groups is 1. The van der Waals surface area contributed by atoms with E-state index in [0.717, 1.165) is 72.8 Å². The molecule has 2 aliphatic rings. The summed E-state index contributed by atoms with van der Waals surface area (Å²) in [6, 6.07) is 7.79. The number of nitrogens with zero attached hydrogens (tertiary/aromatic N) is 6. The zero-order valence-electron chi connectivity index (χ0n) is 20.4. The number of aryl methyl sites for hydroxylation is 1. The Labute approximate surface area is 218 Å². The standard InChI is InChI=1S/C24H30N8O2S2/c1-16-15-25-23(35-16)28-21-27-22(32-11-9-31(10-12-32)13-14-34-2)30-24(29-21)36-19-7-5-18(6-8-19)26-20(33)17-3-4-17/h5-8,15,17H,3-4,9-14H2,1-2H3,(H,26,33)(H,25,27,28,29,30). The topological polar surface area (TPSA) is 108 Å². The van der Waals surface area contributed by atoms with Gasteiger partial charge in [-0.2, -0.15) is 15.0 Å². The van der Waals surface area contributed by atoms with Crippen molar-refractivity contribution in [2.24, 2.45) is 5.92 Å². The van der Waals surface area contributed by atoms with Gasteiger partial charge in [0.2, 0.25) is 17.8 Å². The van der Waals surface area contributed by atoms with E-state index in [2.05, 4.69) is 30.4 Å². The number of nitrogens with one attached hydrogen (secondary N) is 2. The lowest BCUT2D eigenvalue weighted by atomic mass is 10.3. The second-order valence-electron chi connectivity index (χ2n) is 8.85. The van der Waals surface area contributed by atoms with Crippen LogP contribution in [0.3, 0.4) is 0 Å². The van der Waals surface area contributed by atoms with Crippen molar-refractivity contribution in [3.8, 4) is 0 Å². The number of carbonyl (C=O) groups excluding carboxylic acids is 1. The quantitative estimate of drug-likeness (QED) is 0.406. The van der Waals surface area contributed by atoms with E-state index in [1.54, 1.807) is 18.4 Å². The van der Waals surface area contributed by atoms with Gasteiger partial charge in [-0.05, 0) is 55.8 Å². The summed E-state index contributed by atoms with van der Waals surface area (Å²) in [7, 11) is 1.73. The Hall–Kier alpha value is -2.80. The fraction of sp³-hybridized carbons (Fsp3) is 0.458. The van der Waals surface area contributed by atoms with Gasteiger partial charge < -0.3 is 15.0 Å². The Kier molecular flexibility index (Phi) is 7.95. The van der Waals surface area contributed by atoms with Crippen LogP contribution in [0.1, 0.15) is 17.7 Å². The summed E-state index contributed by atoms with van der Waals surface area (Å²) >= 11 is 3.03. The summed E-state index contributed by atoms with van der Waals surface area (Å²) in [6.07, 6.45) is 3.80. The maximum atomic E-state index is 12.0. The van der Waals surface area contributed by atoms with Crippen LogP contribution < -0.4 is 15.5 Å². The zero-order valence-corrected chi connectivity index (χ0v) is 22.1. The van der Waals surface area contributed by atoms with Crippen LogP contribution in [0.15, 0.2) is 40.5 Å². The third-order valence-electron chi connectivity index (χ3n) is 5.99. The van der Waals surface area contributed by atoms with E-state index >= 15 is 0 Å². The summed E-state index contributed by atoms with van der Waals surface area (Å²) in [5.74, 6) is 1.42. The number of methoxy groups -OCH3 is 1. The van der Waals surface area contributed by atoms with E-state index in [1.807, 2.05) is 37.4 Å². The van der Waals surface area contributed by atoms with Crippen LogP contribution in [0.4, 0.5) is 22.7 Å². The second-order valence-corrected chi connectivity index (χ2v) is 11.1. The molecule has 1 aliphatic heterocycles. The average molecular weight is 527 g/mol. The SMILES string of the molecule is COCCN1CCN(c2nc(Nc3ncc(C)s3)nc(Sc3ccc(NC(=O)C4CC4)cc3)n2)CC1. The maximum Gasteiger partial charge on any atom is 0.234 e. The average Bonchev–Trinajstić information content (AvgIpc) is 3.66. The first-order valence-electron chi connectivity index (χ1n) is 12.1. The summed E-state index contributed by atoms with van der Waals surface area (Å²) in [4.78, 5) is 37.3. The van der Waals surface area contributed by atoms with E-state index in [4.69, 9.17) is 14.7 Å². The Balaban J connectivity index is 1.31. The van der Waals surface area contributed by atoms with Crippen LogP contribution in [0.25, 0.3) is 0 Å². The number of benzene rings is 1. The molecule has 1 aliphatic carbocycles. The molecule has 3 heterocycles. The van der Waals surface area contributed by atoms with Crippen LogP contribution in [0.5, 0.6) is 0 Å². The van der Waals surface area contributed by atoms with E-state index in [9.17, 15) is 4.79 Å². The highest BCUT2D eigenvalue weighted by Crippen LogP contribution is 2.32. The highest BCUT2D eigenvalue weighted by molar-refractivity contribution is 7.99. The Morgan fingerprint density at radius 1 is 1.14 bits per heavy atom. The van der Waals surface area contributed by atoms with Gasteiger partial charge in [0.25, 0.3) is 0 Å². The Morgan fingerprint density at radius 3 is 2.58 bits per heavy atom. The van der Waals surface area contributed by atoms with Crippen molar-refractivity contribution in [1.29, 1.82) is 0 Å². The molecular formula is C24H30N8O2S2. The van der Waals surface area contributed by atoms with Gasteiger partial charge in [-0.3, -0.25) is 15.0 Å². The minimum atomic E-state index is 0.105. The molecule has 0 atom stereocenters. The van der Waals surface area contributed by atoms with Crippen molar-refractivity contribution >= 4 is 51.7 Å². The number of amides is 1. The number of thiazole rings is 1. The van der Waals surface area contributed by atoms with E-state index in [-0.39, 0.29) is 11.8 Å². The molecule has 190 valence electrons. The Morgan fingerprint density at radius 2 is 1.92 bits per heavy atom. The van der Waals surface area contributed by atoms with Gasteiger partial charge in [0.05, 0.1) is 6.61 Å². The first kappa shape index (κ1) is 24.9. The third kappa shape index (κ3) is 6.69. The molecule has 0 radical (unpaired) electrons. The summed E-state index contributed by atoms with van der Waals surface area (Å²) in [6.45, 7) is 7.21. The number of aromatic nitrogens is 4. The van der Waals surface area contributed by atoms with Crippen LogP contribution in [-0.2, 0) is 9.53 Å². The lowest BCUT2D eigenvalue weighted by Gasteiger charge is -2.34. The lowest BCUT2D eigenvalue weighted by molar-refractivity contribution is -0.117. The van der Waals surface area contributed by atoms with Gasteiger partial charge >= 0.3 is 0 Å². The molecule has 10 nitrogen and oxygen atoms in total. The zero-order chi connectivity index (χ0) is 24.9. The Bertz CT molecular complexity index is 1180. The monoisotopic (exact) mass is 526 g/mol. The van der Waals surface area contributed by atoms with Crippen molar-refractivity contribution in [2.75, 3.05) is 62.0 Å². The van der Waals surface area contributed by atoms with E-state index in [0.29, 0.717) is 17.1 Å². The first-order chi connectivity index (χ1) is 17.6. The molecule has 36 heavy (non-hydrogen) atoms. The molecule has 0 bridgehead atoms. The molecule has 2 aromatic heterocycles. The second kappa shape index (κ2) is 11.5. The minimum absolute atomic E-state index is 0.105. The van der Waals surface area contributed by atoms with Gasteiger partial charge in [0.15, 0.2) is 10.3 Å². The van der Waals surface area contributed by atoms with Crippen molar-refractivity contribution in [3.63, 3.8) is 0 Å². The first-order valence-corrected chi connectivity index (χ1v) is 13.7. The van der Waals surface area contributed by atoms with Gasteiger partial charge in [-0.1, -0.05) is 0 Å².